The minimum atomic E-state index is 0.306. The molecule has 3 heteroatoms. The quantitative estimate of drug-likeness (QED) is 0.785. The maximum Gasteiger partial charge on any atom is 0.0344 e. The molecule has 0 radical (unpaired) electrons. The Labute approximate surface area is 99.0 Å². The molecule has 1 heterocycles. The predicted molar refractivity (Wildman–Crippen MR) is 70.4 cm³/mol. The van der Waals surface area contributed by atoms with E-state index in [1.807, 2.05) is 0 Å². The Bertz CT molecular complexity index is 176. The maximum atomic E-state index is 5.99. The van der Waals surface area contributed by atoms with E-state index in [-0.39, 0.29) is 0 Å². The molecule has 2 nitrogen and oxygen atoms in total. The highest BCUT2D eigenvalue weighted by Crippen LogP contribution is 2.31. The van der Waals surface area contributed by atoms with Gasteiger partial charge in [0.2, 0.25) is 0 Å². The highest BCUT2D eigenvalue weighted by molar-refractivity contribution is 7.99. The van der Waals surface area contributed by atoms with E-state index in [1.165, 1.54) is 37.3 Å². The van der Waals surface area contributed by atoms with E-state index < -0.39 is 0 Å². The first kappa shape index (κ1) is 13.3. The average molecular weight is 230 g/mol. The Balaban J connectivity index is 2.48. The van der Waals surface area contributed by atoms with Crippen LogP contribution in [0.15, 0.2) is 0 Å². The van der Waals surface area contributed by atoms with Gasteiger partial charge in [0.05, 0.1) is 0 Å². The van der Waals surface area contributed by atoms with Crippen LogP contribution in [-0.2, 0) is 0 Å². The number of nitrogens with zero attached hydrogens (tertiary/aromatic N) is 1. The lowest BCUT2D eigenvalue weighted by Crippen LogP contribution is -2.54. The number of rotatable bonds is 5. The fourth-order valence-corrected chi connectivity index (χ4v) is 3.43. The van der Waals surface area contributed by atoms with Crippen LogP contribution in [0.2, 0.25) is 0 Å². The molecule has 0 spiro atoms. The Kier molecular flexibility index (Phi) is 5.44. The summed E-state index contributed by atoms with van der Waals surface area (Å²) < 4.78 is 0. The summed E-state index contributed by atoms with van der Waals surface area (Å²) in [7, 11) is 2.26. The first-order valence-electron chi connectivity index (χ1n) is 6.10. The van der Waals surface area contributed by atoms with Crippen LogP contribution in [-0.4, -0.2) is 42.1 Å². The lowest BCUT2D eigenvalue weighted by molar-refractivity contribution is 0.109. The van der Waals surface area contributed by atoms with Crippen LogP contribution < -0.4 is 5.73 Å². The summed E-state index contributed by atoms with van der Waals surface area (Å²) in [6, 6.07) is 0. The normalized spacial score (nSPS) is 21.2. The molecule has 15 heavy (non-hydrogen) atoms. The number of likely N-dealkylation sites (N-methyl/N-ethyl adjacent to an activating group) is 1. The second-order valence-electron chi connectivity index (χ2n) is 5.14. The molecule has 0 saturated carbocycles. The van der Waals surface area contributed by atoms with Crippen molar-refractivity contribution in [3.8, 4) is 0 Å². The van der Waals surface area contributed by atoms with Gasteiger partial charge in [-0.3, -0.25) is 4.90 Å². The maximum absolute atomic E-state index is 5.99. The van der Waals surface area contributed by atoms with E-state index in [2.05, 4.69) is 37.6 Å². The highest BCUT2D eigenvalue weighted by atomic mass is 32.2. The Morgan fingerprint density at radius 3 is 2.40 bits per heavy atom. The van der Waals surface area contributed by atoms with Crippen LogP contribution in [0.25, 0.3) is 0 Å². The van der Waals surface area contributed by atoms with Crippen molar-refractivity contribution < 1.29 is 0 Å². The van der Waals surface area contributed by atoms with Gasteiger partial charge < -0.3 is 5.73 Å². The smallest absolute Gasteiger partial charge is 0.0344 e. The van der Waals surface area contributed by atoms with Crippen molar-refractivity contribution in [2.75, 3.05) is 31.6 Å². The minimum Gasteiger partial charge on any atom is -0.329 e. The van der Waals surface area contributed by atoms with Gasteiger partial charge in [0.25, 0.3) is 0 Å². The SMILES string of the molecule is CC(C)CCN(C)C1(CN)CCSCC1. The molecule has 0 aromatic heterocycles. The molecule has 1 fully saturated rings. The van der Waals surface area contributed by atoms with Crippen molar-refractivity contribution >= 4 is 11.8 Å². The van der Waals surface area contributed by atoms with Gasteiger partial charge in [-0.05, 0) is 50.3 Å². The van der Waals surface area contributed by atoms with Crippen molar-refractivity contribution in [2.24, 2.45) is 11.7 Å². The van der Waals surface area contributed by atoms with Crippen LogP contribution in [0.1, 0.15) is 33.1 Å². The molecular weight excluding hydrogens is 204 g/mol. The second-order valence-corrected chi connectivity index (χ2v) is 6.37. The van der Waals surface area contributed by atoms with Gasteiger partial charge in [0, 0.05) is 12.1 Å². The van der Waals surface area contributed by atoms with Crippen LogP contribution in [0, 0.1) is 5.92 Å². The monoisotopic (exact) mass is 230 g/mol. The van der Waals surface area contributed by atoms with Gasteiger partial charge in [-0.15, -0.1) is 0 Å². The van der Waals surface area contributed by atoms with Crippen molar-refractivity contribution in [1.29, 1.82) is 0 Å². The number of hydrogen-bond acceptors (Lipinski definition) is 3. The summed E-state index contributed by atoms with van der Waals surface area (Å²) in [5.41, 5.74) is 6.30. The molecule has 0 bridgehead atoms. The molecule has 1 aliphatic rings. The number of nitrogens with two attached hydrogens (primary N) is 1. The summed E-state index contributed by atoms with van der Waals surface area (Å²) in [5, 5.41) is 0. The fraction of sp³-hybridized carbons (Fsp3) is 1.00. The molecule has 0 unspecified atom stereocenters. The summed E-state index contributed by atoms with van der Waals surface area (Å²) in [6.07, 6.45) is 3.82. The van der Waals surface area contributed by atoms with Gasteiger partial charge in [0.1, 0.15) is 0 Å². The van der Waals surface area contributed by atoms with E-state index in [0.717, 1.165) is 12.5 Å². The van der Waals surface area contributed by atoms with Gasteiger partial charge in [0.15, 0.2) is 0 Å². The average Bonchev–Trinajstić information content (AvgIpc) is 2.26. The summed E-state index contributed by atoms with van der Waals surface area (Å²) in [5.74, 6) is 3.35. The summed E-state index contributed by atoms with van der Waals surface area (Å²) in [6.45, 7) is 6.60. The minimum absolute atomic E-state index is 0.306. The van der Waals surface area contributed by atoms with Crippen LogP contribution in [0.3, 0.4) is 0 Å². The number of thioether (sulfide) groups is 1. The lowest BCUT2D eigenvalue weighted by Gasteiger charge is -2.44. The molecule has 0 amide bonds. The standard InChI is InChI=1S/C12H26N2S/c1-11(2)4-7-14(3)12(10-13)5-8-15-9-6-12/h11H,4-10,13H2,1-3H3. The van der Waals surface area contributed by atoms with E-state index in [1.54, 1.807) is 0 Å². The molecule has 0 aliphatic carbocycles. The van der Waals surface area contributed by atoms with Gasteiger partial charge in [-0.1, -0.05) is 13.8 Å². The summed E-state index contributed by atoms with van der Waals surface area (Å²) in [4.78, 5) is 2.52. The molecular formula is C12H26N2S. The van der Waals surface area contributed by atoms with Gasteiger partial charge in [-0.2, -0.15) is 11.8 Å². The van der Waals surface area contributed by atoms with E-state index >= 15 is 0 Å². The van der Waals surface area contributed by atoms with Gasteiger partial charge >= 0.3 is 0 Å². The Morgan fingerprint density at radius 1 is 1.33 bits per heavy atom. The van der Waals surface area contributed by atoms with Gasteiger partial charge in [-0.25, -0.2) is 0 Å². The van der Waals surface area contributed by atoms with E-state index in [4.69, 9.17) is 5.73 Å². The zero-order valence-corrected chi connectivity index (χ0v) is 11.3. The van der Waals surface area contributed by atoms with Crippen LogP contribution in [0.5, 0.6) is 0 Å². The molecule has 1 saturated heterocycles. The Morgan fingerprint density at radius 2 is 1.93 bits per heavy atom. The molecule has 0 atom stereocenters. The number of hydrogen-bond donors (Lipinski definition) is 1. The van der Waals surface area contributed by atoms with Crippen molar-refractivity contribution in [2.45, 2.75) is 38.6 Å². The molecule has 90 valence electrons. The van der Waals surface area contributed by atoms with Crippen molar-refractivity contribution in [3.05, 3.63) is 0 Å². The Hall–Kier alpha value is 0.270. The lowest BCUT2D eigenvalue weighted by atomic mass is 9.90. The summed E-state index contributed by atoms with van der Waals surface area (Å²) >= 11 is 2.07. The van der Waals surface area contributed by atoms with E-state index in [0.29, 0.717) is 5.54 Å². The third-order valence-electron chi connectivity index (χ3n) is 3.66. The van der Waals surface area contributed by atoms with Crippen LogP contribution >= 0.6 is 11.8 Å². The van der Waals surface area contributed by atoms with Crippen LogP contribution in [0.4, 0.5) is 0 Å². The largest absolute Gasteiger partial charge is 0.329 e. The first-order valence-corrected chi connectivity index (χ1v) is 7.25. The third-order valence-corrected chi connectivity index (χ3v) is 4.64. The highest BCUT2D eigenvalue weighted by Gasteiger charge is 2.34. The predicted octanol–water partition coefficient (Wildman–Crippen LogP) is 2.19. The molecule has 2 N–H and O–H groups in total. The zero-order valence-electron chi connectivity index (χ0n) is 10.5. The molecule has 1 rings (SSSR count). The zero-order chi connectivity index (χ0) is 11.3. The molecule has 0 aromatic carbocycles. The molecule has 0 aromatic rings. The molecule has 1 aliphatic heterocycles. The first-order chi connectivity index (χ1) is 7.10. The van der Waals surface area contributed by atoms with Crippen molar-refractivity contribution in [1.82, 2.24) is 4.90 Å². The van der Waals surface area contributed by atoms with E-state index in [9.17, 15) is 0 Å². The fourth-order valence-electron chi connectivity index (χ4n) is 2.18. The second kappa shape index (κ2) is 6.12. The van der Waals surface area contributed by atoms with Crippen molar-refractivity contribution in [3.63, 3.8) is 0 Å². The third kappa shape index (κ3) is 3.65. The topological polar surface area (TPSA) is 29.3 Å².